The Kier molecular flexibility index (Phi) is 3.17. The van der Waals surface area contributed by atoms with Gasteiger partial charge in [-0.1, -0.05) is 19.8 Å². The lowest BCUT2D eigenvalue weighted by molar-refractivity contribution is 0.428. The van der Waals surface area contributed by atoms with Gasteiger partial charge in [-0.15, -0.1) is 11.3 Å². The first kappa shape index (κ1) is 10.5. The normalized spacial score (nSPS) is 20.9. The average molecular weight is 274 g/mol. The maximum absolute atomic E-state index is 6.01. The van der Waals surface area contributed by atoms with Gasteiger partial charge in [-0.25, -0.2) is 0 Å². The summed E-state index contributed by atoms with van der Waals surface area (Å²) in [6, 6.07) is 0. The van der Waals surface area contributed by atoms with E-state index in [1.807, 2.05) is 11.3 Å². The molecule has 2 rings (SSSR count). The monoisotopic (exact) mass is 273 g/mol. The van der Waals surface area contributed by atoms with Gasteiger partial charge in [0, 0.05) is 4.88 Å². The Morgan fingerprint density at radius 3 is 3.07 bits per heavy atom. The Bertz CT molecular complexity index is 332. The number of thiophene rings is 1. The van der Waals surface area contributed by atoms with Crippen LogP contribution in [0.1, 0.15) is 36.6 Å². The molecule has 1 nitrogen and oxygen atoms in total. The van der Waals surface area contributed by atoms with Gasteiger partial charge in [0.2, 0.25) is 0 Å². The molecule has 1 aliphatic rings. The Morgan fingerprint density at radius 1 is 1.57 bits per heavy atom. The van der Waals surface area contributed by atoms with Gasteiger partial charge in [-0.2, -0.15) is 0 Å². The predicted octanol–water partition coefficient (Wildman–Crippen LogP) is 4.00. The standard InChI is InChI=1S/C11H16BrNS/c1-2-3-7-4-5-8-9(6-7)14-11(12)10(8)13/h7H,2-6,13H2,1H3. The fourth-order valence-electron chi connectivity index (χ4n) is 2.30. The molecule has 1 unspecified atom stereocenters. The fourth-order valence-corrected chi connectivity index (χ4v) is 4.23. The molecule has 0 bridgehead atoms. The minimum absolute atomic E-state index is 0.900. The zero-order valence-corrected chi connectivity index (χ0v) is 10.9. The van der Waals surface area contributed by atoms with Crippen molar-refractivity contribution in [3.05, 3.63) is 14.2 Å². The van der Waals surface area contributed by atoms with Gasteiger partial charge in [-0.3, -0.25) is 0 Å². The van der Waals surface area contributed by atoms with Crippen molar-refractivity contribution in [1.29, 1.82) is 0 Å². The molecule has 1 aliphatic carbocycles. The molecule has 0 amide bonds. The van der Waals surface area contributed by atoms with Gasteiger partial charge in [0.05, 0.1) is 9.47 Å². The SMILES string of the molecule is CCCC1CCc2c(sc(Br)c2N)C1. The van der Waals surface area contributed by atoms with Crippen molar-refractivity contribution >= 4 is 33.0 Å². The molecule has 0 spiro atoms. The van der Waals surface area contributed by atoms with Gasteiger partial charge in [0.15, 0.2) is 0 Å². The molecule has 1 aromatic heterocycles. The van der Waals surface area contributed by atoms with Gasteiger partial charge in [-0.05, 0) is 46.7 Å². The fraction of sp³-hybridized carbons (Fsp3) is 0.636. The number of fused-ring (bicyclic) bond motifs is 1. The van der Waals surface area contributed by atoms with Crippen LogP contribution in [0, 0.1) is 5.92 Å². The molecule has 0 radical (unpaired) electrons. The summed E-state index contributed by atoms with van der Waals surface area (Å²) >= 11 is 5.37. The quantitative estimate of drug-likeness (QED) is 0.866. The smallest absolute Gasteiger partial charge is 0.0933 e. The molecule has 0 aliphatic heterocycles. The second-order valence-corrected chi connectivity index (χ2v) is 6.51. The molecular formula is C11H16BrNS. The van der Waals surface area contributed by atoms with Crippen molar-refractivity contribution < 1.29 is 0 Å². The number of hydrogen-bond donors (Lipinski definition) is 1. The summed E-state index contributed by atoms with van der Waals surface area (Å²) in [4.78, 5) is 1.53. The van der Waals surface area contributed by atoms with Crippen LogP contribution in [0.15, 0.2) is 3.79 Å². The summed E-state index contributed by atoms with van der Waals surface area (Å²) in [5.74, 6) is 0.900. The van der Waals surface area contributed by atoms with E-state index in [-0.39, 0.29) is 0 Å². The molecule has 0 fully saturated rings. The van der Waals surface area contributed by atoms with E-state index in [0.29, 0.717) is 0 Å². The third-order valence-electron chi connectivity index (χ3n) is 3.06. The van der Waals surface area contributed by atoms with E-state index in [9.17, 15) is 0 Å². The first-order valence-corrected chi connectivity index (χ1v) is 6.88. The van der Waals surface area contributed by atoms with E-state index in [1.54, 1.807) is 0 Å². The molecule has 1 heterocycles. The van der Waals surface area contributed by atoms with Crippen molar-refractivity contribution in [3.63, 3.8) is 0 Å². The van der Waals surface area contributed by atoms with E-state index >= 15 is 0 Å². The van der Waals surface area contributed by atoms with Gasteiger partial charge >= 0.3 is 0 Å². The van der Waals surface area contributed by atoms with Crippen molar-refractivity contribution in [1.82, 2.24) is 0 Å². The van der Waals surface area contributed by atoms with Gasteiger partial charge in [0.25, 0.3) is 0 Å². The van der Waals surface area contributed by atoms with Crippen LogP contribution in [0.2, 0.25) is 0 Å². The van der Waals surface area contributed by atoms with E-state index in [1.165, 1.54) is 42.5 Å². The lowest BCUT2D eigenvalue weighted by Crippen LogP contribution is -2.12. The van der Waals surface area contributed by atoms with Crippen LogP contribution in [0.5, 0.6) is 0 Å². The third-order valence-corrected chi connectivity index (χ3v) is 5.03. The van der Waals surface area contributed by atoms with Gasteiger partial charge < -0.3 is 5.73 Å². The zero-order chi connectivity index (χ0) is 10.1. The number of anilines is 1. The topological polar surface area (TPSA) is 26.0 Å². The Morgan fingerprint density at radius 2 is 2.36 bits per heavy atom. The lowest BCUT2D eigenvalue weighted by Gasteiger charge is -2.21. The van der Waals surface area contributed by atoms with Crippen molar-refractivity contribution in [2.45, 2.75) is 39.0 Å². The van der Waals surface area contributed by atoms with Crippen LogP contribution in [0.3, 0.4) is 0 Å². The molecule has 1 atom stereocenters. The summed E-state index contributed by atoms with van der Waals surface area (Å²) in [6.07, 6.45) is 6.45. The number of halogens is 1. The average Bonchev–Trinajstić information content (AvgIpc) is 2.43. The molecule has 1 aromatic rings. The van der Waals surface area contributed by atoms with Crippen molar-refractivity contribution in [2.75, 3.05) is 5.73 Å². The summed E-state index contributed by atoms with van der Waals surface area (Å²) in [5, 5.41) is 0. The van der Waals surface area contributed by atoms with Crippen LogP contribution in [0.4, 0.5) is 5.69 Å². The van der Waals surface area contributed by atoms with Crippen LogP contribution in [0.25, 0.3) is 0 Å². The maximum atomic E-state index is 6.01. The van der Waals surface area contributed by atoms with Crippen molar-refractivity contribution in [2.24, 2.45) is 5.92 Å². The summed E-state index contributed by atoms with van der Waals surface area (Å²) in [5.41, 5.74) is 8.43. The molecule has 0 saturated carbocycles. The molecule has 14 heavy (non-hydrogen) atoms. The summed E-state index contributed by atoms with van der Waals surface area (Å²) < 4.78 is 1.14. The molecule has 0 saturated heterocycles. The minimum Gasteiger partial charge on any atom is -0.397 e. The molecule has 2 N–H and O–H groups in total. The molecule has 78 valence electrons. The van der Waals surface area contributed by atoms with E-state index < -0.39 is 0 Å². The van der Waals surface area contributed by atoms with Crippen molar-refractivity contribution in [3.8, 4) is 0 Å². The van der Waals surface area contributed by atoms with E-state index in [0.717, 1.165) is 15.4 Å². The highest BCUT2D eigenvalue weighted by atomic mass is 79.9. The highest BCUT2D eigenvalue weighted by molar-refractivity contribution is 9.11. The second-order valence-electron chi connectivity index (χ2n) is 4.09. The third kappa shape index (κ3) is 1.84. The van der Waals surface area contributed by atoms with Crippen LogP contribution < -0.4 is 5.73 Å². The number of nitrogens with two attached hydrogens (primary N) is 1. The van der Waals surface area contributed by atoms with Crippen LogP contribution >= 0.6 is 27.3 Å². The second kappa shape index (κ2) is 4.23. The molecular weight excluding hydrogens is 258 g/mol. The maximum Gasteiger partial charge on any atom is 0.0933 e. The van der Waals surface area contributed by atoms with E-state index in [2.05, 4.69) is 22.9 Å². The number of rotatable bonds is 2. The first-order chi connectivity index (χ1) is 6.72. The Balaban J connectivity index is 2.19. The number of hydrogen-bond acceptors (Lipinski definition) is 2. The largest absolute Gasteiger partial charge is 0.397 e. The van der Waals surface area contributed by atoms with Gasteiger partial charge in [0.1, 0.15) is 0 Å². The number of nitrogen functional groups attached to an aromatic ring is 1. The molecule has 3 heteroatoms. The predicted molar refractivity (Wildman–Crippen MR) is 66.9 cm³/mol. The summed E-state index contributed by atoms with van der Waals surface area (Å²) in [6.45, 7) is 2.27. The van der Waals surface area contributed by atoms with Crippen LogP contribution in [-0.2, 0) is 12.8 Å². The van der Waals surface area contributed by atoms with Crippen LogP contribution in [-0.4, -0.2) is 0 Å². The highest BCUT2D eigenvalue weighted by Gasteiger charge is 2.23. The van der Waals surface area contributed by atoms with E-state index in [4.69, 9.17) is 5.73 Å². The molecule has 0 aromatic carbocycles. The summed E-state index contributed by atoms with van der Waals surface area (Å²) in [7, 11) is 0. The Hall–Kier alpha value is -0.0200. The Labute approximate surface area is 97.8 Å². The lowest BCUT2D eigenvalue weighted by atomic mass is 9.86. The minimum atomic E-state index is 0.900. The zero-order valence-electron chi connectivity index (χ0n) is 8.48. The highest BCUT2D eigenvalue weighted by Crippen LogP contribution is 2.41. The first-order valence-electron chi connectivity index (χ1n) is 5.27.